The van der Waals surface area contributed by atoms with E-state index < -0.39 is 0 Å². The molecule has 0 saturated carbocycles. The van der Waals surface area contributed by atoms with Gasteiger partial charge in [-0.2, -0.15) is 0 Å². The summed E-state index contributed by atoms with van der Waals surface area (Å²) in [5, 5.41) is 1.15. The molecule has 1 fully saturated rings. The van der Waals surface area contributed by atoms with Gasteiger partial charge in [0.15, 0.2) is 0 Å². The average molecular weight is 362 g/mol. The maximum Gasteiger partial charge on any atom is 0.141 e. The van der Waals surface area contributed by atoms with Crippen molar-refractivity contribution in [2.75, 3.05) is 39.5 Å². The van der Waals surface area contributed by atoms with Gasteiger partial charge in [0.2, 0.25) is 0 Å². The van der Waals surface area contributed by atoms with Gasteiger partial charge in [-0.05, 0) is 38.5 Å². The highest BCUT2D eigenvalue weighted by Crippen LogP contribution is 2.31. The summed E-state index contributed by atoms with van der Waals surface area (Å²) in [5.74, 6) is 0.676. The summed E-state index contributed by atoms with van der Waals surface area (Å²) in [6.45, 7) is 10.7. The van der Waals surface area contributed by atoms with E-state index in [2.05, 4.69) is 18.7 Å². The number of benzene rings is 1. The Morgan fingerprint density at radius 1 is 1.13 bits per heavy atom. The Kier molecular flexibility index (Phi) is 7.44. The van der Waals surface area contributed by atoms with Crippen molar-refractivity contribution in [1.29, 1.82) is 0 Å². The molecule has 2 rings (SSSR count). The van der Waals surface area contributed by atoms with Crippen molar-refractivity contribution in [3.8, 4) is 5.75 Å². The van der Waals surface area contributed by atoms with E-state index in [0.29, 0.717) is 35.6 Å². The third kappa shape index (κ3) is 6.12. The highest BCUT2D eigenvalue weighted by atomic mass is 35.5. The fourth-order valence-electron chi connectivity index (χ4n) is 2.84. The van der Waals surface area contributed by atoms with Gasteiger partial charge < -0.3 is 14.2 Å². The predicted octanol–water partition coefficient (Wildman–Crippen LogP) is 3.81. The Labute approximate surface area is 148 Å². The third-order valence-electron chi connectivity index (χ3n) is 3.72. The molecular weight excluding hydrogens is 337 g/mol. The molecule has 2 atom stereocenters. The van der Waals surface area contributed by atoms with Crippen molar-refractivity contribution in [2.24, 2.45) is 0 Å². The lowest BCUT2D eigenvalue weighted by molar-refractivity contribution is -0.0734. The van der Waals surface area contributed by atoms with Gasteiger partial charge in [-0.1, -0.05) is 23.2 Å². The van der Waals surface area contributed by atoms with E-state index in [0.717, 1.165) is 25.2 Å². The van der Waals surface area contributed by atoms with E-state index in [4.69, 9.17) is 37.4 Å². The first-order chi connectivity index (χ1) is 11.0. The monoisotopic (exact) mass is 361 g/mol. The topological polar surface area (TPSA) is 30.9 Å². The predicted molar refractivity (Wildman–Crippen MR) is 94.0 cm³/mol. The minimum absolute atomic E-state index is 0.289. The highest BCUT2D eigenvalue weighted by Gasteiger charge is 2.21. The fourth-order valence-corrected chi connectivity index (χ4v) is 3.49. The second-order valence-corrected chi connectivity index (χ2v) is 6.85. The molecule has 1 aliphatic heterocycles. The molecule has 1 aliphatic rings. The van der Waals surface area contributed by atoms with Crippen molar-refractivity contribution in [1.82, 2.24) is 4.90 Å². The average Bonchev–Trinajstić information content (AvgIpc) is 2.43. The zero-order valence-electron chi connectivity index (χ0n) is 14.0. The lowest BCUT2D eigenvalue weighted by atomic mass is 10.2. The molecule has 23 heavy (non-hydrogen) atoms. The molecule has 0 aromatic heterocycles. The molecule has 0 N–H and O–H groups in total. The van der Waals surface area contributed by atoms with Crippen LogP contribution >= 0.6 is 23.2 Å². The van der Waals surface area contributed by atoms with Crippen molar-refractivity contribution in [3.63, 3.8) is 0 Å². The van der Waals surface area contributed by atoms with Gasteiger partial charge in [0.25, 0.3) is 0 Å². The van der Waals surface area contributed by atoms with Crippen LogP contribution in [0.4, 0.5) is 0 Å². The Balaban J connectivity index is 1.63. The van der Waals surface area contributed by atoms with Crippen LogP contribution in [0.5, 0.6) is 5.75 Å². The molecule has 130 valence electrons. The van der Waals surface area contributed by atoms with Crippen LogP contribution in [0.1, 0.15) is 19.4 Å². The maximum absolute atomic E-state index is 6.13. The Bertz CT molecular complexity index is 480. The van der Waals surface area contributed by atoms with Crippen molar-refractivity contribution < 1.29 is 14.2 Å². The smallest absolute Gasteiger partial charge is 0.141 e. The maximum atomic E-state index is 6.13. The first-order valence-corrected chi connectivity index (χ1v) is 8.75. The number of rotatable bonds is 7. The first-order valence-electron chi connectivity index (χ1n) is 7.99. The Morgan fingerprint density at radius 3 is 2.48 bits per heavy atom. The van der Waals surface area contributed by atoms with Crippen molar-refractivity contribution in [2.45, 2.75) is 33.0 Å². The summed E-state index contributed by atoms with van der Waals surface area (Å²) < 4.78 is 17.1. The van der Waals surface area contributed by atoms with Crippen LogP contribution in [0.3, 0.4) is 0 Å². The van der Waals surface area contributed by atoms with E-state index in [1.54, 1.807) is 6.07 Å². The third-order valence-corrected chi connectivity index (χ3v) is 4.21. The lowest BCUT2D eigenvalue weighted by Gasteiger charge is -2.35. The minimum Gasteiger partial charge on any atom is -0.489 e. The Hall–Kier alpha value is -0.520. The molecule has 0 radical (unpaired) electrons. The van der Waals surface area contributed by atoms with Crippen LogP contribution < -0.4 is 4.74 Å². The number of nitrogens with zero attached hydrogens (tertiary/aromatic N) is 1. The number of aryl methyl sites for hydroxylation is 1. The molecule has 1 aromatic rings. The molecule has 0 bridgehead atoms. The SMILES string of the molecule is Cc1cc(Cl)cc(Cl)c1OCCOCCN1C[C@@H](C)O[C@@H](C)C1. The molecule has 4 nitrogen and oxygen atoms in total. The van der Waals surface area contributed by atoms with Crippen LogP contribution in [-0.2, 0) is 9.47 Å². The summed E-state index contributed by atoms with van der Waals surface area (Å²) in [6, 6.07) is 3.53. The molecule has 6 heteroatoms. The minimum atomic E-state index is 0.289. The summed E-state index contributed by atoms with van der Waals surface area (Å²) >= 11 is 12.1. The quantitative estimate of drug-likeness (QED) is 0.691. The largest absolute Gasteiger partial charge is 0.489 e. The number of morpholine rings is 1. The number of ether oxygens (including phenoxy) is 3. The summed E-state index contributed by atoms with van der Waals surface area (Å²) in [5.41, 5.74) is 0.929. The molecule has 0 aliphatic carbocycles. The van der Waals surface area contributed by atoms with Crippen LogP contribution in [0.2, 0.25) is 10.0 Å². The molecule has 1 aromatic carbocycles. The molecular formula is C17H25Cl2NO3. The second-order valence-electron chi connectivity index (χ2n) is 6.01. The highest BCUT2D eigenvalue weighted by molar-refractivity contribution is 6.35. The van der Waals surface area contributed by atoms with E-state index >= 15 is 0 Å². The zero-order valence-corrected chi connectivity index (χ0v) is 15.5. The zero-order chi connectivity index (χ0) is 16.8. The first kappa shape index (κ1) is 18.8. The summed E-state index contributed by atoms with van der Waals surface area (Å²) in [7, 11) is 0. The van der Waals surface area contributed by atoms with E-state index in [1.807, 2.05) is 13.0 Å². The Morgan fingerprint density at radius 2 is 1.83 bits per heavy atom. The van der Waals surface area contributed by atoms with E-state index in [1.165, 1.54) is 0 Å². The molecule has 0 unspecified atom stereocenters. The second kappa shape index (κ2) is 9.09. The van der Waals surface area contributed by atoms with Gasteiger partial charge in [-0.3, -0.25) is 4.90 Å². The van der Waals surface area contributed by atoms with Crippen LogP contribution in [0.25, 0.3) is 0 Å². The number of halogens is 2. The van der Waals surface area contributed by atoms with Crippen LogP contribution in [0, 0.1) is 6.92 Å². The van der Waals surface area contributed by atoms with E-state index in [9.17, 15) is 0 Å². The molecule has 1 saturated heterocycles. The normalized spacial score (nSPS) is 22.3. The number of hydrogen-bond donors (Lipinski definition) is 0. The molecule has 1 heterocycles. The van der Waals surface area contributed by atoms with Crippen molar-refractivity contribution in [3.05, 3.63) is 27.7 Å². The summed E-state index contributed by atoms with van der Waals surface area (Å²) in [6.07, 6.45) is 0.578. The van der Waals surface area contributed by atoms with Gasteiger partial charge in [-0.15, -0.1) is 0 Å². The molecule has 0 spiro atoms. The van der Waals surface area contributed by atoms with Gasteiger partial charge >= 0.3 is 0 Å². The number of hydrogen-bond acceptors (Lipinski definition) is 4. The van der Waals surface area contributed by atoms with E-state index in [-0.39, 0.29) is 12.2 Å². The van der Waals surface area contributed by atoms with Gasteiger partial charge in [0.1, 0.15) is 12.4 Å². The molecule has 0 amide bonds. The standard InChI is InChI=1S/C17H25Cl2NO3/c1-12-8-15(18)9-16(19)17(12)22-7-6-21-5-4-20-10-13(2)23-14(3)11-20/h8-9,13-14H,4-7,10-11H2,1-3H3/t13-,14+. The lowest BCUT2D eigenvalue weighted by Crippen LogP contribution is -2.46. The summed E-state index contributed by atoms with van der Waals surface area (Å²) in [4.78, 5) is 2.37. The van der Waals surface area contributed by atoms with Gasteiger partial charge in [-0.25, -0.2) is 0 Å². The fraction of sp³-hybridized carbons (Fsp3) is 0.647. The van der Waals surface area contributed by atoms with Crippen molar-refractivity contribution >= 4 is 23.2 Å². The van der Waals surface area contributed by atoms with Gasteiger partial charge in [0.05, 0.1) is 30.4 Å². The van der Waals surface area contributed by atoms with Crippen LogP contribution in [-0.4, -0.2) is 56.6 Å². The van der Waals surface area contributed by atoms with Gasteiger partial charge in [0, 0.05) is 24.7 Å². The van der Waals surface area contributed by atoms with Crippen LogP contribution in [0.15, 0.2) is 12.1 Å².